The highest BCUT2D eigenvalue weighted by Gasteiger charge is 2.12. The van der Waals surface area contributed by atoms with Gasteiger partial charge in [-0.1, -0.05) is 82.3 Å². The number of alkyl halides is 1. The van der Waals surface area contributed by atoms with Crippen LogP contribution in [0.3, 0.4) is 0 Å². The number of halogens is 1. The van der Waals surface area contributed by atoms with E-state index in [-0.39, 0.29) is 0 Å². The summed E-state index contributed by atoms with van der Waals surface area (Å²) in [5.74, 6) is 0.0336. The zero-order valence-corrected chi connectivity index (χ0v) is 19.3. The molecule has 0 unspecified atom stereocenters. The van der Waals surface area contributed by atoms with E-state index >= 15 is 0 Å². The van der Waals surface area contributed by atoms with Crippen LogP contribution in [0.1, 0.15) is 43.6 Å². The van der Waals surface area contributed by atoms with Gasteiger partial charge in [0.25, 0.3) is 0 Å². The van der Waals surface area contributed by atoms with E-state index in [1.54, 1.807) is 12.1 Å². The normalized spacial score (nSPS) is 9.84. The molecule has 4 rings (SSSR count). The van der Waals surface area contributed by atoms with Crippen molar-refractivity contribution in [3.8, 4) is 22.4 Å². The molecular formula is C27H29ClN2O. The average Bonchev–Trinajstić information content (AvgIpc) is 2.86. The molecule has 0 saturated heterocycles. The number of nitrogens with zero attached hydrogens (tertiary/aromatic N) is 1. The highest BCUT2D eigenvalue weighted by molar-refractivity contribution is 6.17. The number of rotatable bonds is 4. The molecule has 0 aliphatic rings. The lowest BCUT2D eigenvalue weighted by Gasteiger charge is -2.12. The smallest absolute Gasteiger partial charge is 0.248 e. The van der Waals surface area contributed by atoms with Crippen LogP contribution < -0.4 is 5.73 Å². The van der Waals surface area contributed by atoms with Crippen molar-refractivity contribution in [2.75, 3.05) is 0 Å². The Bertz CT molecular complexity index is 1120. The summed E-state index contributed by atoms with van der Waals surface area (Å²) >= 11 is 5.92. The van der Waals surface area contributed by atoms with Crippen molar-refractivity contribution in [1.29, 1.82) is 0 Å². The van der Waals surface area contributed by atoms with Crippen LogP contribution in [0.5, 0.6) is 0 Å². The van der Waals surface area contributed by atoms with Crippen molar-refractivity contribution < 1.29 is 4.79 Å². The SMILES string of the molecule is CC.CC.NC(=O)c1ccc2nc(-c3ccc(CCl)cc3)c(-c3ccccc3)cc2c1. The Hall–Kier alpha value is -3.17. The van der Waals surface area contributed by atoms with Gasteiger partial charge >= 0.3 is 0 Å². The third kappa shape index (κ3) is 5.71. The first-order valence-corrected chi connectivity index (χ1v) is 11.1. The number of hydrogen-bond acceptors (Lipinski definition) is 2. The molecule has 0 fully saturated rings. The monoisotopic (exact) mass is 432 g/mol. The summed E-state index contributed by atoms with van der Waals surface area (Å²) in [6, 6.07) is 25.6. The van der Waals surface area contributed by atoms with Gasteiger partial charge in [0.1, 0.15) is 0 Å². The minimum absolute atomic E-state index is 0.445. The second-order valence-electron chi connectivity index (χ2n) is 6.35. The van der Waals surface area contributed by atoms with Crippen molar-refractivity contribution in [3.05, 3.63) is 90.0 Å². The Morgan fingerprint density at radius 3 is 2.06 bits per heavy atom. The van der Waals surface area contributed by atoms with Gasteiger partial charge in [-0.3, -0.25) is 4.79 Å². The molecule has 0 atom stereocenters. The van der Waals surface area contributed by atoms with Gasteiger partial charge in [0.05, 0.1) is 11.2 Å². The fourth-order valence-electron chi connectivity index (χ4n) is 3.14. The molecule has 0 aliphatic heterocycles. The van der Waals surface area contributed by atoms with Crippen LogP contribution in [-0.2, 0) is 5.88 Å². The van der Waals surface area contributed by atoms with Gasteiger partial charge in [0, 0.05) is 28.0 Å². The van der Waals surface area contributed by atoms with E-state index in [1.165, 1.54) is 0 Å². The third-order valence-electron chi connectivity index (χ3n) is 4.57. The van der Waals surface area contributed by atoms with Gasteiger partial charge in [-0.05, 0) is 35.4 Å². The van der Waals surface area contributed by atoms with E-state index in [1.807, 2.05) is 76.2 Å². The molecule has 0 spiro atoms. The zero-order chi connectivity index (χ0) is 22.8. The van der Waals surface area contributed by atoms with E-state index in [0.29, 0.717) is 11.4 Å². The first-order chi connectivity index (χ1) is 15.2. The molecular weight excluding hydrogens is 404 g/mol. The third-order valence-corrected chi connectivity index (χ3v) is 4.87. The predicted octanol–water partition coefficient (Wildman–Crippen LogP) is 7.46. The number of amides is 1. The first-order valence-electron chi connectivity index (χ1n) is 10.6. The van der Waals surface area contributed by atoms with Crippen molar-refractivity contribution >= 4 is 28.4 Å². The largest absolute Gasteiger partial charge is 0.366 e. The van der Waals surface area contributed by atoms with Crippen LogP contribution in [0.15, 0.2) is 78.9 Å². The lowest BCUT2D eigenvalue weighted by molar-refractivity contribution is 0.100. The van der Waals surface area contributed by atoms with Gasteiger partial charge in [-0.25, -0.2) is 4.98 Å². The van der Waals surface area contributed by atoms with Crippen LogP contribution in [-0.4, -0.2) is 10.9 Å². The van der Waals surface area contributed by atoms with Gasteiger partial charge in [0.2, 0.25) is 5.91 Å². The van der Waals surface area contributed by atoms with Crippen LogP contribution in [0.25, 0.3) is 33.3 Å². The van der Waals surface area contributed by atoms with Gasteiger partial charge in [0.15, 0.2) is 0 Å². The van der Waals surface area contributed by atoms with Crippen molar-refractivity contribution in [3.63, 3.8) is 0 Å². The molecule has 4 aromatic rings. The summed E-state index contributed by atoms with van der Waals surface area (Å²) in [6.45, 7) is 8.00. The molecule has 4 heteroatoms. The Kier molecular flexibility index (Phi) is 9.23. The maximum absolute atomic E-state index is 11.5. The minimum atomic E-state index is -0.445. The van der Waals surface area contributed by atoms with Crippen molar-refractivity contribution in [2.45, 2.75) is 33.6 Å². The van der Waals surface area contributed by atoms with Gasteiger partial charge in [-0.2, -0.15) is 0 Å². The van der Waals surface area contributed by atoms with Crippen LogP contribution >= 0.6 is 11.6 Å². The minimum Gasteiger partial charge on any atom is -0.366 e. The van der Waals surface area contributed by atoms with Crippen LogP contribution in [0.2, 0.25) is 0 Å². The van der Waals surface area contributed by atoms with E-state index in [4.69, 9.17) is 22.3 Å². The number of primary amides is 1. The van der Waals surface area contributed by atoms with Crippen LogP contribution in [0, 0.1) is 0 Å². The summed E-state index contributed by atoms with van der Waals surface area (Å²) in [7, 11) is 0. The maximum Gasteiger partial charge on any atom is 0.248 e. The Morgan fingerprint density at radius 1 is 0.839 bits per heavy atom. The molecule has 0 aliphatic carbocycles. The van der Waals surface area contributed by atoms with Gasteiger partial charge < -0.3 is 5.73 Å². The molecule has 0 saturated carbocycles. The summed E-state index contributed by atoms with van der Waals surface area (Å²) < 4.78 is 0. The number of fused-ring (bicyclic) bond motifs is 1. The number of aromatic nitrogens is 1. The van der Waals surface area contributed by atoms with Crippen molar-refractivity contribution in [2.24, 2.45) is 5.73 Å². The molecule has 3 nitrogen and oxygen atoms in total. The highest BCUT2D eigenvalue weighted by atomic mass is 35.5. The van der Waals surface area contributed by atoms with E-state index in [2.05, 4.69) is 18.2 Å². The lowest BCUT2D eigenvalue weighted by Crippen LogP contribution is -2.10. The molecule has 0 bridgehead atoms. The lowest BCUT2D eigenvalue weighted by atomic mass is 9.96. The fourth-order valence-corrected chi connectivity index (χ4v) is 3.32. The molecule has 3 aromatic carbocycles. The number of carbonyl (C=O) groups excluding carboxylic acids is 1. The summed E-state index contributed by atoms with van der Waals surface area (Å²) in [4.78, 5) is 16.4. The number of pyridine rings is 1. The zero-order valence-electron chi connectivity index (χ0n) is 18.5. The van der Waals surface area contributed by atoms with E-state index in [0.717, 1.165) is 38.9 Å². The number of hydrogen-bond donors (Lipinski definition) is 1. The predicted molar refractivity (Wildman–Crippen MR) is 133 cm³/mol. The summed E-state index contributed by atoms with van der Waals surface area (Å²) in [5, 5.41) is 0.881. The molecule has 2 N–H and O–H groups in total. The summed E-state index contributed by atoms with van der Waals surface area (Å²) in [6.07, 6.45) is 0. The number of benzene rings is 3. The average molecular weight is 433 g/mol. The fraction of sp³-hybridized carbons (Fsp3) is 0.185. The summed E-state index contributed by atoms with van der Waals surface area (Å²) in [5.41, 5.74) is 11.8. The van der Waals surface area contributed by atoms with Crippen molar-refractivity contribution in [1.82, 2.24) is 4.98 Å². The number of nitrogens with two attached hydrogens (primary N) is 1. The topological polar surface area (TPSA) is 56.0 Å². The highest BCUT2D eigenvalue weighted by Crippen LogP contribution is 2.33. The van der Waals surface area contributed by atoms with Gasteiger partial charge in [-0.15, -0.1) is 11.6 Å². The van der Waals surface area contributed by atoms with E-state index in [9.17, 15) is 4.79 Å². The van der Waals surface area contributed by atoms with E-state index < -0.39 is 5.91 Å². The molecule has 0 radical (unpaired) electrons. The standard InChI is InChI=1S/C23H17ClN2O.2C2H6/c24-14-15-6-8-17(9-7-15)22-20(16-4-2-1-3-5-16)13-19-12-18(23(25)27)10-11-21(19)26-22;2*1-2/h1-13H,14H2,(H2,25,27);2*1-2H3. The molecule has 160 valence electrons. The second-order valence-corrected chi connectivity index (χ2v) is 6.62. The Balaban J connectivity index is 0.000000807. The number of carbonyl (C=O) groups is 1. The first kappa shape index (κ1) is 24.1. The molecule has 1 aromatic heterocycles. The Morgan fingerprint density at radius 2 is 1.48 bits per heavy atom. The molecule has 1 amide bonds. The second kappa shape index (κ2) is 11.9. The maximum atomic E-state index is 11.5. The Labute approximate surface area is 189 Å². The molecule has 1 heterocycles. The quantitative estimate of drug-likeness (QED) is 0.340. The van der Waals surface area contributed by atoms with Crippen LogP contribution in [0.4, 0.5) is 0 Å². The molecule has 31 heavy (non-hydrogen) atoms.